The molecule has 21 heavy (non-hydrogen) atoms. The van der Waals surface area contributed by atoms with Gasteiger partial charge in [-0.3, -0.25) is 0 Å². The molecule has 0 saturated carbocycles. The van der Waals surface area contributed by atoms with Crippen molar-refractivity contribution in [3.05, 3.63) is 58.7 Å². The van der Waals surface area contributed by atoms with Crippen molar-refractivity contribution < 1.29 is 14.6 Å². The fourth-order valence-corrected chi connectivity index (χ4v) is 2.91. The second kappa shape index (κ2) is 5.41. The molecule has 0 aromatic heterocycles. The van der Waals surface area contributed by atoms with Gasteiger partial charge in [0.25, 0.3) is 0 Å². The average molecular weight is 284 g/mol. The molecule has 2 atom stereocenters. The number of methoxy groups -OCH3 is 1. The third-order valence-corrected chi connectivity index (χ3v) is 4.03. The number of hydrogen-bond acceptors (Lipinski definition) is 3. The Hall–Kier alpha value is -2.00. The summed E-state index contributed by atoms with van der Waals surface area (Å²) >= 11 is 0. The topological polar surface area (TPSA) is 38.7 Å². The first-order valence-corrected chi connectivity index (χ1v) is 7.21. The van der Waals surface area contributed by atoms with Gasteiger partial charge < -0.3 is 14.6 Å². The van der Waals surface area contributed by atoms with Crippen LogP contribution in [-0.2, 0) is 6.42 Å². The molecule has 0 amide bonds. The third kappa shape index (κ3) is 2.49. The fraction of sp³-hybridized carbons (Fsp3) is 0.333. The van der Waals surface area contributed by atoms with E-state index in [-0.39, 0.29) is 6.10 Å². The lowest BCUT2D eigenvalue weighted by Crippen LogP contribution is -2.06. The van der Waals surface area contributed by atoms with Crippen LogP contribution in [0.4, 0.5) is 0 Å². The van der Waals surface area contributed by atoms with E-state index in [1.807, 2.05) is 50.2 Å². The molecule has 1 aliphatic rings. The highest BCUT2D eigenvalue weighted by Crippen LogP contribution is 2.39. The van der Waals surface area contributed by atoms with Gasteiger partial charge in [-0.05, 0) is 37.1 Å². The summed E-state index contributed by atoms with van der Waals surface area (Å²) < 4.78 is 11.3. The number of aliphatic hydroxyl groups is 1. The molecule has 3 nitrogen and oxygen atoms in total. The first kappa shape index (κ1) is 14.0. The number of fused-ring (bicyclic) bond motifs is 1. The molecule has 1 N–H and O–H groups in total. The largest absolute Gasteiger partial charge is 0.496 e. The van der Waals surface area contributed by atoms with Crippen molar-refractivity contribution in [3.8, 4) is 11.5 Å². The zero-order valence-corrected chi connectivity index (χ0v) is 12.6. The highest BCUT2D eigenvalue weighted by Gasteiger charge is 2.25. The summed E-state index contributed by atoms with van der Waals surface area (Å²) in [5.41, 5.74) is 3.84. The Bertz CT molecular complexity index is 664. The molecule has 1 heterocycles. The summed E-state index contributed by atoms with van der Waals surface area (Å²) in [5.74, 6) is 1.56. The highest BCUT2D eigenvalue weighted by molar-refractivity contribution is 5.52. The Kier molecular flexibility index (Phi) is 3.60. The van der Waals surface area contributed by atoms with Crippen LogP contribution in [0, 0.1) is 6.92 Å². The van der Waals surface area contributed by atoms with Crippen LogP contribution >= 0.6 is 0 Å². The molecule has 0 bridgehead atoms. The van der Waals surface area contributed by atoms with Crippen LogP contribution < -0.4 is 9.47 Å². The van der Waals surface area contributed by atoms with E-state index in [4.69, 9.17) is 9.47 Å². The van der Waals surface area contributed by atoms with Gasteiger partial charge in [0, 0.05) is 17.5 Å². The maximum Gasteiger partial charge on any atom is 0.125 e. The lowest BCUT2D eigenvalue weighted by Gasteiger charge is -2.18. The number of ether oxygens (including phenoxy) is 2. The smallest absolute Gasteiger partial charge is 0.125 e. The molecular weight excluding hydrogens is 264 g/mol. The summed E-state index contributed by atoms with van der Waals surface area (Å²) in [6.07, 6.45) is 0.341. The molecule has 2 aromatic carbocycles. The van der Waals surface area contributed by atoms with Crippen LogP contribution in [0.3, 0.4) is 0 Å². The summed E-state index contributed by atoms with van der Waals surface area (Å²) in [5, 5.41) is 10.7. The van der Waals surface area contributed by atoms with Crippen LogP contribution in [0.5, 0.6) is 11.5 Å². The number of hydrogen-bond donors (Lipinski definition) is 1. The van der Waals surface area contributed by atoms with E-state index in [0.29, 0.717) is 5.75 Å². The maximum absolute atomic E-state index is 10.7. The van der Waals surface area contributed by atoms with Gasteiger partial charge in [0.05, 0.1) is 7.11 Å². The summed E-state index contributed by atoms with van der Waals surface area (Å²) in [6, 6.07) is 11.7. The van der Waals surface area contributed by atoms with Crippen LogP contribution in [-0.4, -0.2) is 18.3 Å². The van der Waals surface area contributed by atoms with E-state index in [1.165, 1.54) is 0 Å². The molecule has 3 heteroatoms. The molecule has 0 spiro atoms. The Balaban J connectivity index is 2.06. The molecule has 0 saturated heterocycles. The molecule has 0 aliphatic carbocycles. The molecule has 3 rings (SSSR count). The van der Waals surface area contributed by atoms with Gasteiger partial charge >= 0.3 is 0 Å². The quantitative estimate of drug-likeness (QED) is 0.938. The van der Waals surface area contributed by atoms with E-state index >= 15 is 0 Å². The Labute approximate surface area is 125 Å². The molecule has 0 radical (unpaired) electrons. The average Bonchev–Trinajstić information content (AvgIpc) is 2.84. The van der Waals surface area contributed by atoms with E-state index in [1.54, 1.807) is 7.11 Å². The minimum Gasteiger partial charge on any atom is -0.496 e. The standard InChI is InChI=1S/C18H20O3/c1-11-6-4-5-7-14(11)18(19)15-10-16-13(8-12(2)21-16)9-17(15)20-3/h4-7,9-10,12,18-19H,8H2,1-3H3. The number of benzene rings is 2. The van der Waals surface area contributed by atoms with Gasteiger partial charge in [-0.1, -0.05) is 24.3 Å². The van der Waals surface area contributed by atoms with E-state index in [0.717, 1.165) is 34.4 Å². The summed E-state index contributed by atoms with van der Waals surface area (Å²) in [7, 11) is 1.63. The number of aryl methyl sites for hydroxylation is 1. The predicted octanol–water partition coefficient (Wildman–Crippen LogP) is 3.41. The molecule has 0 fully saturated rings. The Morgan fingerprint density at radius 2 is 2.00 bits per heavy atom. The Morgan fingerprint density at radius 3 is 2.71 bits per heavy atom. The lowest BCUT2D eigenvalue weighted by atomic mass is 9.95. The van der Waals surface area contributed by atoms with E-state index in [9.17, 15) is 5.11 Å². The fourth-order valence-electron chi connectivity index (χ4n) is 2.91. The van der Waals surface area contributed by atoms with Crippen LogP contribution in [0.15, 0.2) is 36.4 Å². The molecule has 2 aromatic rings. The highest BCUT2D eigenvalue weighted by atomic mass is 16.5. The minimum atomic E-state index is -0.717. The molecular formula is C18H20O3. The van der Waals surface area contributed by atoms with Gasteiger partial charge in [-0.2, -0.15) is 0 Å². The zero-order chi connectivity index (χ0) is 15.0. The van der Waals surface area contributed by atoms with Crippen LogP contribution in [0.25, 0.3) is 0 Å². The van der Waals surface area contributed by atoms with Gasteiger partial charge in [0.1, 0.15) is 23.7 Å². The molecule has 110 valence electrons. The predicted molar refractivity (Wildman–Crippen MR) is 82.0 cm³/mol. The van der Waals surface area contributed by atoms with Gasteiger partial charge in [0.2, 0.25) is 0 Å². The minimum absolute atomic E-state index is 0.176. The van der Waals surface area contributed by atoms with Gasteiger partial charge in [-0.15, -0.1) is 0 Å². The van der Waals surface area contributed by atoms with Crippen molar-refractivity contribution in [1.82, 2.24) is 0 Å². The molecule has 1 aliphatic heterocycles. The maximum atomic E-state index is 10.7. The van der Waals surface area contributed by atoms with Gasteiger partial charge in [0.15, 0.2) is 0 Å². The van der Waals surface area contributed by atoms with Crippen LogP contribution in [0.2, 0.25) is 0 Å². The van der Waals surface area contributed by atoms with Crippen molar-refractivity contribution in [1.29, 1.82) is 0 Å². The first-order chi connectivity index (χ1) is 10.1. The Morgan fingerprint density at radius 1 is 1.24 bits per heavy atom. The number of rotatable bonds is 3. The van der Waals surface area contributed by atoms with Crippen molar-refractivity contribution >= 4 is 0 Å². The monoisotopic (exact) mass is 284 g/mol. The van der Waals surface area contributed by atoms with Crippen molar-refractivity contribution in [3.63, 3.8) is 0 Å². The first-order valence-electron chi connectivity index (χ1n) is 7.21. The normalized spacial score (nSPS) is 18.0. The third-order valence-electron chi connectivity index (χ3n) is 4.03. The van der Waals surface area contributed by atoms with Crippen molar-refractivity contribution in [2.24, 2.45) is 0 Å². The van der Waals surface area contributed by atoms with Crippen molar-refractivity contribution in [2.45, 2.75) is 32.5 Å². The summed E-state index contributed by atoms with van der Waals surface area (Å²) in [6.45, 7) is 4.04. The van der Waals surface area contributed by atoms with E-state index < -0.39 is 6.10 Å². The van der Waals surface area contributed by atoms with Crippen molar-refractivity contribution in [2.75, 3.05) is 7.11 Å². The second-order valence-electron chi connectivity index (χ2n) is 5.59. The van der Waals surface area contributed by atoms with Gasteiger partial charge in [-0.25, -0.2) is 0 Å². The number of aliphatic hydroxyl groups excluding tert-OH is 1. The second-order valence-corrected chi connectivity index (χ2v) is 5.59. The van der Waals surface area contributed by atoms with E-state index in [2.05, 4.69) is 0 Å². The lowest BCUT2D eigenvalue weighted by molar-refractivity contribution is 0.212. The van der Waals surface area contributed by atoms with Crippen LogP contribution in [0.1, 0.15) is 35.3 Å². The zero-order valence-electron chi connectivity index (χ0n) is 12.6. The molecule has 2 unspecified atom stereocenters. The SMILES string of the molecule is COc1cc2c(cc1C(O)c1ccccc1C)OC(C)C2. The summed E-state index contributed by atoms with van der Waals surface area (Å²) in [4.78, 5) is 0.